The third kappa shape index (κ3) is 4.46. The SMILES string of the molecule is Cc1ccc(NC(=O)Nc2ccc(Cl)c(C(F)(F)F)c2)cc1-c1ccc2cnn(C3CC3)c2c1. The summed E-state index contributed by atoms with van der Waals surface area (Å²) in [7, 11) is 0. The molecule has 1 saturated carbocycles. The molecule has 2 amide bonds. The monoisotopic (exact) mass is 484 g/mol. The van der Waals surface area contributed by atoms with Crippen LogP contribution in [0.4, 0.5) is 29.3 Å². The Morgan fingerprint density at radius 3 is 2.44 bits per heavy atom. The molecule has 3 aromatic carbocycles. The Kier molecular flexibility index (Phi) is 5.48. The van der Waals surface area contributed by atoms with Crippen LogP contribution in [0.2, 0.25) is 5.02 Å². The summed E-state index contributed by atoms with van der Waals surface area (Å²) in [6, 6.07) is 14.6. The van der Waals surface area contributed by atoms with Gasteiger partial charge >= 0.3 is 12.2 Å². The molecule has 9 heteroatoms. The van der Waals surface area contributed by atoms with Gasteiger partial charge in [0.05, 0.1) is 28.3 Å². The molecule has 1 aliphatic rings. The molecule has 0 radical (unpaired) electrons. The molecule has 174 valence electrons. The maximum absolute atomic E-state index is 13.1. The summed E-state index contributed by atoms with van der Waals surface area (Å²) in [5.74, 6) is 0. The topological polar surface area (TPSA) is 59.0 Å². The third-order valence-corrected chi connectivity index (χ3v) is 6.16. The number of alkyl halides is 3. The van der Waals surface area contributed by atoms with Crippen LogP contribution in [0.3, 0.4) is 0 Å². The Balaban J connectivity index is 1.38. The second-order valence-corrected chi connectivity index (χ2v) is 8.80. The van der Waals surface area contributed by atoms with Crippen molar-refractivity contribution in [3.05, 3.63) is 76.9 Å². The van der Waals surface area contributed by atoms with Crippen molar-refractivity contribution in [2.45, 2.75) is 32.0 Å². The summed E-state index contributed by atoms with van der Waals surface area (Å²) in [5, 5.41) is 10.3. The van der Waals surface area contributed by atoms with E-state index in [0.29, 0.717) is 11.7 Å². The Labute approximate surface area is 198 Å². The maximum atomic E-state index is 13.1. The van der Waals surface area contributed by atoms with Crippen LogP contribution in [0.5, 0.6) is 0 Å². The Morgan fingerprint density at radius 2 is 1.74 bits per heavy atom. The molecule has 0 bridgehead atoms. The van der Waals surface area contributed by atoms with E-state index in [9.17, 15) is 18.0 Å². The summed E-state index contributed by atoms with van der Waals surface area (Å²) < 4.78 is 41.3. The van der Waals surface area contributed by atoms with Crippen LogP contribution in [0, 0.1) is 6.92 Å². The number of halogens is 4. The fourth-order valence-corrected chi connectivity index (χ4v) is 4.16. The van der Waals surface area contributed by atoms with Crippen LogP contribution in [-0.4, -0.2) is 15.8 Å². The van der Waals surface area contributed by atoms with E-state index in [4.69, 9.17) is 11.6 Å². The molecule has 5 rings (SSSR count). The van der Waals surface area contributed by atoms with E-state index < -0.39 is 22.8 Å². The van der Waals surface area contributed by atoms with Crippen molar-refractivity contribution in [3.8, 4) is 11.1 Å². The number of carbonyl (C=O) groups excluding carboxylic acids is 1. The van der Waals surface area contributed by atoms with Crippen molar-refractivity contribution in [1.29, 1.82) is 0 Å². The molecule has 34 heavy (non-hydrogen) atoms. The van der Waals surface area contributed by atoms with Gasteiger partial charge in [-0.05, 0) is 72.9 Å². The third-order valence-electron chi connectivity index (χ3n) is 5.83. The summed E-state index contributed by atoms with van der Waals surface area (Å²) in [6.45, 7) is 1.98. The molecule has 0 atom stereocenters. The van der Waals surface area contributed by atoms with Crippen LogP contribution in [0.1, 0.15) is 30.0 Å². The molecule has 0 spiro atoms. The minimum Gasteiger partial charge on any atom is -0.308 e. The smallest absolute Gasteiger partial charge is 0.308 e. The van der Waals surface area contributed by atoms with Gasteiger partial charge in [0.2, 0.25) is 0 Å². The molecule has 4 aromatic rings. The quantitative estimate of drug-likeness (QED) is 0.312. The summed E-state index contributed by atoms with van der Waals surface area (Å²) in [4.78, 5) is 12.5. The molecule has 5 nitrogen and oxygen atoms in total. The first kappa shape index (κ1) is 22.3. The van der Waals surface area contributed by atoms with Gasteiger partial charge in [0.1, 0.15) is 0 Å². The van der Waals surface area contributed by atoms with Gasteiger partial charge in [-0.1, -0.05) is 29.8 Å². The second-order valence-electron chi connectivity index (χ2n) is 8.40. The number of benzene rings is 3. The van der Waals surface area contributed by atoms with Crippen molar-refractivity contribution >= 4 is 39.9 Å². The van der Waals surface area contributed by atoms with E-state index in [2.05, 4.69) is 26.5 Å². The van der Waals surface area contributed by atoms with E-state index in [1.54, 1.807) is 6.07 Å². The van der Waals surface area contributed by atoms with Gasteiger partial charge in [0, 0.05) is 16.8 Å². The van der Waals surface area contributed by atoms with Crippen LogP contribution in [0.25, 0.3) is 22.0 Å². The van der Waals surface area contributed by atoms with E-state index in [0.717, 1.165) is 52.6 Å². The molecular formula is C25H20ClF3N4O. The lowest BCUT2D eigenvalue weighted by molar-refractivity contribution is -0.137. The van der Waals surface area contributed by atoms with Crippen LogP contribution >= 0.6 is 11.6 Å². The summed E-state index contributed by atoms with van der Waals surface area (Å²) in [6.07, 6.45) is -0.486. The molecule has 0 saturated heterocycles. The number of carbonyl (C=O) groups is 1. The number of rotatable bonds is 4. The molecular weight excluding hydrogens is 465 g/mol. The number of nitrogens with one attached hydrogen (secondary N) is 2. The molecule has 1 aromatic heterocycles. The molecule has 2 N–H and O–H groups in total. The van der Waals surface area contributed by atoms with Gasteiger partial charge in [-0.25, -0.2) is 4.79 Å². The number of aryl methyl sites for hydroxylation is 1. The van der Waals surface area contributed by atoms with E-state index in [1.807, 2.05) is 37.4 Å². The number of hydrogen-bond acceptors (Lipinski definition) is 2. The van der Waals surface area contributed by atoms with Gasteiger partial charge in [0.15, 0.2) is 0 Å². The maximum Gasteiger partial charge on any atom is 0.417 e. The van der Waals surface area contributed by atoms with Crippen LogP contribution in [-0.2, 0) is 6.18 Å². The minimum atomic E-state index is -4.62. The van der Waals surface area contributed by atoms with E-state index in [1.165, 1.54) is 6.07 Å². The predicted molar refractivity (Wildman–Crippen MR) is 127 cm³/mol. The highest BCUT2D eigenvalue weighted by atomic mass is 35.5. The van der Waals surface area contributed by atoms with Gasteiger partial charge in [-0.3, -0.25) is 4.68 Å². The molecule has 0 unspecified atom stereocenters. The highest BCUT2D eigenvalue weighted by Gasteiger charge is 2.33. The zero-order valence-corrected chi connectivity index (χ0v) is 18.8. The van der Waals surface area contributed by atoms with E-state index in [-0.39, 0.29) is 5.69 Å². The molecule has 1 fully saturated rings. The number of anilines is 2. The van der Waals surface area contributed by atoms with Crippen molar-refractivity contribution in [3.63, 3.8) is 0 Å². The summed E-state index contributed by atoms with van der Waals surface area (Å²) in [5.41, 5.74) is 3.51. The first-order valence-corrected chi connectivity index (χ1v) is 11.1. The minimum absolute atomic E-state index is 0.0136. The lowest BCUT2D eigenvalue weighted by Gasteiger charge is -2.14. The second kappa shape index (κ2) is 8.36. The summed E-state index contributed by atoms with van der Waals surface area (Å²) >= 11 is 5.64. The van der Waals surface area contributed by atoms with Crippen molar-refractivity contribution in [1.82, 2.24) is 9.78 Å². The van der Waals surface area contributed by atoms with Crippen molar-refractivity contribution in [2.75, 3.05) is 10.6 Å². The molecule has 1 heterocycles. The average Bonchev–Trinajstić information content (AvgIpc) is 3.54. The number of hydrogen-bond donors (Lipinski definition) is 2. The number of amides is 2. The lowest BCUT2D eigenvalue weighted by Crippen LogP contribution is -2.20. The Hall–Kier alpha value is -3.52. The standard InChI is InChI=1S/C25H20ClF3N4O/c1-14-2-5-17(31-24(34)32-18-6-9-22(26)21(12-18)25(27,28)29)11-20(14)15-3-4-16-13-30-33(19-7-8-19)23(16)10-15/h2-6,9-13,19H,7-8H2,1H3,(H2,31,32,34). The average molecular weight is 485 g/mol. The van der Waals surface area contributed by atoms with Gasteiger partial charge in [0.25, 0.3) is 0 Å². The Morgan fingerprint density at radius 1 is 1.03 bits per heavy atom. The highest BCUT2D eigenvalue weighted by Crippen LogP contribution is 2.38. The number of urea groups is 1. The fraction of sp³-hybridized carbons (Fsp3) is 0.200. The predicted octanol–water partition coefficient (Wildman–Crippen LogP) is 7.66. The van der Waals surface area contributed by atoms with Gasteiger partial charge in [-0.15, -0.1) is 0 Å². The van der Waals surface area contributed by atoms with Gasteiger partial charge in [-0.2, -0.15) is 18.3 Å². The van der Waals surface area contributed by atoms with E-state index >= 15 is 0 Å². The van der Waals surface area contributed by atoms with Gasteiger partial charge < -0.3 is 10.6 Å². The highest BCUT2D eigenvalue weighted by molar-refractivity contribution is 6.31. The van der Waals surface area contributed by atoms with Crippen LogP contribution < -0.4 is 10.6 Å². The van der Waals surface area contributed by atoms with Crippen molar-refractivity contribution < 1.29 is 18.0 Å². The zero-order valence-electron chi connectivity index (χ0n) is 18.1. The Bertz CT molecular complexity index is 1410. The normalized spacial score (nSPS) is 13.8. The molecule has 0 aliphatic heterocycles. The first-order valence-electron chi connectivity index (χ1n) is 10.7. The largest absolute Gasteiger partial charge is 0.417 e. The number of nitrogens with zero attached hydrogens (tertiary/aromatic N) is 2. The zero-order chi connectivity index (χ0) is 24.0. The van der Waals surface area contributed by atoms with Crippen LogP contribution in [0.15, 0.2) is 60.8 Å². The lowest BCUT2D eigenvalue weighted by atomic mass is 9.99. The number of fused-ring (bicyclic) bond motifs is 1. The first-order chi connectivity index (χ1) is 16.2. The number of aromatic nitrogens is 2. The van der Waals surface area contributed by atoms with Crippen molar-refractivity contribution in [2.24, 2.45) is 0 Å². The fourth-order valence-electron chi connectivity index (χ4n) is 3.94. The molecule has 1 aliphatic carbocycles.